The van der Waals surface area contributed by atoms with E-state index in [0.29, 0.717) is 11.8 Å². The molecule has 1 saturated heterocycles. The van der Waals surface area contributed by atoms with Crippen LogP contribution in [-0.2, 0) is 0 Å². The number of rotatable bonds is 4. The van der Waals surface area contributed by atoms with Gasteiger partial charge in [-0.3, -0.25) is 4.90 Å². The molecule has 0 saturated carbocycles. The van der Waals surface area contributed by atoms with E-state index in [1.54, 1.807) is 6.07 Å². The Morgan fingerprint density at radius 1 is 1.47 bits per heavy atom. The Bertz CT molecular complexity index is 361. The van der Waals surface area contributed by atoms with Gasteiger partial charge in [0.25, 0.3) is 0 Å². The third-order valence-electron chi connectivity index (χ3n) is 3.75. The summed E-state index contributed by atoms with van der Waals surface area (Å²) in [5.74, 6) is 0.407. The summed E-state index contributed by atoms with van der Waals surface area (Å²) in [6, 6.07) is 8.52. The van der Waals surface area contributed by atoms with E-state index in [0.717, 1.165) is 25.2 Å². The second kappa shape index (κ2) is 5.52. The average Bonchev–Trinajstić information content (AvgIpc) is 2.84. The normalized spacial score (nSPS) is 21.9. The standard InChI is InChI=1S/C14H22N2O/c1-3-16(12-8-9-15-10-12)11(2)13-6-4-5-7-14(13)17/h4-7,11-12,15,17H,3,8-10H2,1-2H3. The number of phenols is 1. The molecule has 0 aliphatic carbocycles. The smallest absolute Gasteiger partial charge is 0.120 e. The molecule has 17 heavy (non-hydrogen) atoms. The molecule has 2 N–H and O–H groups in total. The first-order chi connectivity index (χ1) is 8.24. The highest BCUT2D eigenvalue weighted by molar-refractivity contribution is 5.34. The van der Waals surface area contributed by atoms with Crippen LogP contribution in [0.1, 0.15) is 31.9 Å². The van der Waals surface area contributed by atoms with Crippen molar-refractivity contribution in [1.29, 1.82) is 0 Å². The molecule has 3 nitrogen and oxygen atoms in total. The number of hydrogen-bond acceptors (Lipinski definition) is 3. The van der Waals surface area contributed by atoms with Crippen molar-refractivity contribution in [2.24, 2.45) is 0 Å². The maximum atomic E-state index is 9.93. The first kappa shape index (κ1) is 12.4. The molecule has 2 unspecified atom stereocenters. The fraction of sp³-hybridized carbons (Fsp3) is 0.571. The number of phenolic OH excluding ortho intramolecular Hbond substituents is 1. The van der Waals surface area contributed by atoms with E-state index in [-0.39, 0.29) is 6.04 Å². The van der Waals surface area contributed by atoms with Gasteiger partial charge in [0.2, 0.25) is 0 Å². The molecule has 1 aliphatic rings. The van der Waals surface area contributed by atoms with Crippen LogP contribution in [0.3, 0.4) is 0 Å². The van der Waals surface area contributed by atoms with Gasteiger partial charge in [0.05, 0.1) is 0 Å². The lowest BCUT2D eigenvalue weighted by Gasteiger charge is -2.33. The van der Waals surface area contributed by atoms with Gasteiger partial charge in [0, 0.05) is 24.2 Å². The molecule has 3 heteroatoms. The molecule has 0 amide bonds. The lowest BCUT2D eigenvalue weighted by molar-refractivity contribution is 0.160. The first-order valence-electron chi connectivity index (χ1n) is 6.48. The van der Waals surface area contributed by atoms with Crippen LogP contribution in [0.25, 0.3) is 0 Å². The quantitative estimate of drug-likeness (QED) is 0.838. The van der Waals surface area contributed by atoms with Crippen molar-refractivity contribution in [3.8, 4) is 5.75 Å². The van der Waals surface area contributed by atoms with Gasteiger partial charge in [-0.1, -0.05) is 25.1 Å². The van der Waals surface area contributed by atoms with E-state index in [2.05, 4.69) is 24.1 Å². The van der Waals surface area contributed by atoms with Crippen LogP contribution in [0.5, 0.6) is 5.75 Å². The molecule has 0 radical (unpaired) electrons. The van der Waals surface area contributed by atoms with Crippen LogP contribution in [0, 0.1) is 0 Å². The molecule has 1 aromatic rings. The summed E-state index contributed by atoms with van der Waals surface area (Å²) in [5.41, 5.74) is 1.03. The predicted octanol–water partition coefficient (Wildman–Crippen LogP) is 2.14. The Kier molecular flexibility index (Phi) is 4.02. The number of benzene rings is 1. The molecule has 0 bridgehead atoms. The summed E-state index contributed by atoms with van der Waals surface area (Å²) in [6.45, 7) is 7.55. The van der Waals surface area contributed by atoms with Crippen LogP contribution in [0.4, 0.5) is 0 Å². The second-order valence-corrected chi connectivity index (χ2v) is 4.71. The third-order valence-corrected chi connectivity index (χ3v) is 3.75. The zero-order valence-electron chi connectivity index (χ0n) is 10.7. The van der Waals surface area contributed by atoms with Gasteiger partial charge in [-0.2, -0.15) is 0 Å². The Hall–Kier alpha value is -1.06. The lowest BCUT2D eigenvalue weighted by Crippen LogP contribution is -2.38. The molecule has 1 heterocycles. The van der Waals surface area contributed by atoms with Crippen molar-refractivity contribution in [2.45, 2.75) is 32.4 Å². The highest BCUT2D eigenvalue weighted by Crippen LogP contribution is 2.30. The van der Waals surface area contributed by atoms with E-state index in [9.17, 15) is 5.11 Å². The Morgan fingerprint density at radius 2 is 2.24 bits per heavy atom. The van der Waals surface area contributed by atoms with Gasteiger partial charge in [-0.25, -0.2) is 0 Å². The molecule has 1 fully saturated rings. The first-order valence-corrected chi connectivity index (χ1v) is 6.48. The fourth-order valence-electron chi connectivity index (χ4n) is 2.79. The van der Waals surface area contributed by atoms with Crippen LogP contribution in [0.15, 0.2) is 24.3 Å². The summed E-state index contributed by atoms with van der Waals surface area (Å²) in [4.78, 5) is 2.47. The summed E-state index contributed by atoms with van der Waals surface area (Å²) in [5, 5.41) is 13.3. The van der Waals surface area contributed by atoms with Gasteiger partial charge in [0.1, 0.15) is 5.75 Å². The molecule has 1 aromatic carbocycles. The zero-order chi connectivity index (χ0) is 12.3. The van der Waals surface area contributed by atoms with E-state index >= 15 is 0 Å². The highest BCUT2D eigenvalue weighted by Gasteiger charge is 2.26. The van der Waals surface area contributed by atoms with Gasteiger partial charge < -0.3 is 10.4 Å². The Morgan fingerprint density at radius 3 is 2.82 bits per heavy atom. The minimum Gasteiger partial charge on any atom is -0.508 e. The summed E-state index contributed by atoms with van der Waals surface area (Å²) < 4.78 is 0. The molecule has 0 aromatic heterocycles. The monoisotopic (exact) mass is 234 g/mol. The molecule has 2 rings (SSSR count). The summed E-state index contributed by atoms with van der Waals surface area (Å²) in [6.07, 6.45) is 1.20. The largest absolute Gasteiger partial charge is 0.508 e. The summed E-state index contributed by atoms with van der Waals surface area (Å²) >= 11 is 0. The Balaban J connectivity index is 2.16. The molecule has 94 valence electrons. The van der Waals surface area contributed by atoms with Crippen LogP contribution in [0.2, 0.25) is 0 Å². The number of nitrogens with one attached hydrogen (secondary N) is 1. The number of para-hydroxylation sites is 1. The van der Waals surface area contributed by atoms with E-state index in [1.165, 1.54) is 6.42 Å². The fourth-order valence-corrected chi connectivity index (χ4v) is 2.79. The van der Waals surface area contributed by atoms with Crippen molar-refractivity contribution in [2.75, 3.05) is 19.6 Å². The summed E-state index contributed by atoms with van der Waals surface area (Å²) in [7, 11) is 0. The van der Waals surface area contributed by atoms with Crippen molar-refractivity contribution in [3.05, 3.63) is 29.8 Å². The molecule has 2 atom stereocenters. The second-order valence-electron chi connectivity index (χ2n) is 4.71. The highest BCUT2D eigenvalue weighted by atomic mass is 16.3. The van der Waals surface area contributed by atoms with Crippen molar-refractivity contribution >= 4 is 0 Å². The van der Waals surface area contributed by atoms with Crippen LogP contribution >= 0.6 is 0 Å². The number of nitrogens with zero attached hydrogens (tertiary/aromatic N) is 1. The predicted molar refractivity (Wildman–Crippen MR) is 70.2 cm³/mol. The Labute approximate surface area is 103 Å². The van der Waals surface area contributed by atoms with Crippen LogP contribution in [-0.4, -0.2) is 35.7 Å². The molecule has 0 spiro atoms. The molecular weight excluding hydrogens is 212 g/mol. The van der Waals surface area contributed by atoms with E-state index in [4.69, 9.17) is 0 Å². The maximum absolute atomic E-state index is 9.93. The maximum Gasteiger partial charge on any atom is 0.120 e. The molecule has 1 aliphatic heterocycles. The van der Waals surface area contributed by atoms with E-state index < -0.39 is 0 Å². The SMILES string of the molecule is CCN(C1CCNC1)C(C)c1ccccc1O. The molecular formula is C14H22N2O. The van der Waals surface area contributed by atoms with Crippen LogP contribution < -0.4 is 5.32 Å². The van der Waals surface area contributed by atoms with Crippen molar-refractivity contribution in [3.63, 3.8) is 0 Å². The lowest BCUT2D eigenvalue weighted by atomic mass is 10.0. The van der Waals surface area contributed by atoms with Crippen molar-refractivity contribution < 1.29 is 5.11 Å². The van der Waals surface area contributed by atoms with E-state index in [1.807, 2.05) is 18.2 Å². The third kappa shape index (κ3) is 2.61. The topological polar surface area (TPSA) is 35.5 Å². The minimum atomic E-state index is 0.270. The number of likely N-dealkylation sites (N-methyl/N-ethyl adjacent to an activating group) is 1. The zero-order valence-corrected chi connectivity index (χ0v) is 10.7. The minimum absolute atomic E-state index is 0.270. The number of aromatic hydroxyl groups is 1. The average molecular weight is 234 g/mol. The van der Waals surface area contributed by atoms with Gasteiger partial charge in [0.15, 0.2) is 0 Å². The van der Waals surface area contributed by atoms with Crippen molar-refractivity contribution in [1.82, 2.24) is 10.2 Å². The van der Waals surface area contributed by atoms with Gasteiger partial charge >= 0.3 is 0 Å². The van der Waals surface area contributed by atoms with Gasteiger partial charge in [-0.15, -0.1) is 0 Å². The number of hydrogen-bond donors (Lipinski definition) is 2. The van der Waals surface area contributed by atoms with Gasteiger partial charge in [-0.05, 0) is 32.5 Å².